The maximum Gasteiger partial charge on any atom is 0.224 e. The number of benzene rings is 1. The molecule has 132 valence electrons. The van der Waals surface area contributed by atoms with Gasteiger partial charge in [0, 0.05) is 43.3 Å². The van der Waals surface area contributed by atoms with Crippen molar-refractivity contribution in [3.05, 3.63) is 60.0 Å². The molecule has 2 N–H and O–H groups in total. The van der Waals surface area contributed by atoms with E-state index in [4.69, 9.17) is 10.5 Å². The molecule has 0 fully saturated rings. The summed E-state index contributed by atoms with van der Waals surface area (Å²) in [6.45, 7) is 2.83. The number of ether oxygens (including phenoxy) is 1. The minimum Gasteiger partial charge on any atom is -0.480 e. The van der Waals surface area contributed by atoms with Gasteiger partial charge in [0.2, 0.25) is 5.88 Å². The number of nitrogens with zero attached hydrogens (tertiary/aromatic N) is 4. The molecule has 0 saturated heterocycles. The molecule has 3 heterocycles. The lowest BCUT2D eigenvalue weighted by Crippen LogP contribution is -2.02. The van der Waals surface area contributed by atoms with Crippen LogP contribution in [-0.4, -0.2) is 26.4 Å². The van der Waals surface area contributed by atoms with Gasteiger partial charge in [0.05, 0.1) is 23.9 Å². The highest BCUT2D eigenvalue weighted by molar-refractivity contribution is 5.97. The summed E-state index contributed by atoms with van der Waals surface area (Å²) in [4.78, 5) is 4.50. The fourth-order valence-corrected chi connectivity index (χ4v) is 3.32. The van der Waals surface area contributed by atoms with Gasteiger partial charge in [0.25, 0.3) is 0 Å². The number of nitrogen functional groups attached to an aromatic ring is 1. The maximum atomic E-state index is 5.81. The smallest absolute Gasteiger partial charge is 0.224 e. The number of aromatic nitrogens is 4. The van der Waals surface area contributed by atoms with Gasteiger partial charge >= 0.3 is 0 Å². The lowest BCUT2D eigenvalue weighted by molar-refractivity contribution is 0.400. The van der Waals surface area contributed by atoms with E-state index < -0.39 is 0 Å². The Balaban J connectivity index is 1.94. The molecule has 26 heavy (non-hydrogen) atoms. The Bertz CT molecular complexity index is 1080. The number of fused-ring (bicyclic) bond motifs is 1. The minimum atomic E-state index is 0.577. The number of anilines is 1. The topological polar surface area (TPSA) is 70.9 Å². The fraction of sp³-hybridized carbons (Fsp3) is 0.200. The molecule has 1 aromatic carbocycles. The molecule has 0 unspecified atom stereocenters. The number of nitrogens with two attached hydrogens (primary N) is 1. The van der Waals surface area contributed by atoms with E-state index in [1.165, 1.54) is 11.1 Å². The van der Waals surface area contributed by atoms with Crippen molar-refractivity contribution in [1.29, 1.82) is 0 Å². The second kappa shape index (κ2) is 6.22. The van der Waals surface area contributed by atoms with Crippen LogP contribution in [-0.2, 0) is 13.6 Å². The van der Waals surface area contributed by atoms with E-state index in [1.807, 2.05) is 37.6 Å². The Morgan fingerprint density at radius 3 is 2.58 bits per heavy atom. The first-order chi connectivity index (χ1) is 12.6. The van der Waals surface area contributed by atoms with Crippen LogP contribution < -0.4 is 10.5 Å². The largest absolute Gasteiger partial charge is 0.480 e. The number of hydrogen-bond acceptors (Lipinski definition) is 4. The normalized spacial score (nSPS) is 11.2. The fourth-order valence-electron chi connectivity index (χ4n) is 3.32. The van der Waals surface area contributed by atoms with Crippen molar-refractivity contribution in [2.45, 2.75) is 13.5 Å². The van der Waals surface area contributed by atoms with Gasteiger partial charge in [-0.15, -0.1) is 0 Å². The minimum absolute atomic E-state index is 0.577. The number of pyridine rings is 1. The van der Waals surface area contributed by atoms with Crippen molar-refractivity contribution in [3.63, 3.8) is 0 Å². The van der Waals surface area contributed by atoms with Gasteiger partial charge in [-0.25, -0.2) is 4.98 Å². The molecule has 0 atom stereocenters. The summed E-state index contributed by atoms with van der Waals surface area (Å²) >= 11 is 0. The lowest BCUT2D eigenvalue weighted by Gasteiger charge is -2.12. The molecule has 4 aromatic rings. The van der Waals surface area contributed by atoms with Crippen LogP contribution in [0.1, 0.15) is 11.1 Å². The third-order valence-electron chi connectivity index (χ3n) is 4.57. The van der Waals surface area contributed by atoms with Gasteiger partial charge in [-0.05, 0) is 36.2 Å². The predicted octanol–water partition coefficient (Wildman–Crippen LogP) is 3.38. The highest BCUT2D eigenvalue weighted by Crippen LogP contribution is 2.36. The Morgan fingerprint density at radius 2 is 1.92 bits per heavy atom. The van der Waals surface area contributed by atoms with Crippen LogP contribution in [0.15, 0.2) is 48.9 Å². The predicted molar refractivity (Wildman–Crippen MR) is 103 cm³/mol. The highest BCUT2D eigenvalue weighted by Gasteiger charge is 2.19. The van der Waals surface area contributed by atoms with E-state index >= 15 is 0 Å². The molecule has 0 aliphatic rings. The van der Waals surface area contributed by atoms with Gasteiger partial charge in [0.1, 0.15) is 0 Å². The van der Waals surface area contributed by atoms with Gasteiger partial charge < -0.3 is 15.0 Å². The van der Waals surface area contributed by atoms with E-state index in [0.717, 1.165) is 34.4 Å². The van der Waals surface area contributed by atoms with E-state index in [-0.39, 0.29) is 0 Å². The summed E-state index contributed by atoms with van der Waals surface area (Å²) in [5.74, 6) is 0.577. The summed E-state index contributed by atoms with van der Waals surface area (Å²) in [7, 11) is 3.54. The Kier molecular flexibility index (Phi) is 3.88. The summed E-state index contributed by atoms with van der Waals surface area (Å²) in [6, 6.07) is 9.94. The van der Waals surface area contributed by atoms with Crippen LogP contribution in [0.25, 0.3) is 22.2 Å². The third kappa shape index (κ3) is 2.69. The molecule has 6 heteroatoms. The van der Waals surface area contributed by atoms with Crippen molar-refractivity contribution < 1.29 is 4.74 Å². The quantitative estimate of drug-likeness (QED) is 0.575. The Labute approximate surface area is 151 Å². The monoisotopic (exact) mass is 347 g/mol. The van der Waals surface area contributed by atoms with Crippen molar-refractivity contribution >= 4 is 16.6 Å². The average molecular weight is 347 g/mol. The summed E-state index contributed by atoms with van der Waals surface area (Å²) in [6.07, 6.45) is 5.94. The van der Waals surface area contributed by atoms with Gasteiger partial charge in [-0.1, -0.05) is 12.1 Å². The van der Waals surface area contributed by atoms with Gasteiger partial charge in [0.15, 0.2) is 0 Å². The number of rotatable bonds is 4. The van der Waals surface area contributed by atoms with Crippen LogP contribution in [0.3, 0.4) is 0 Å². The van der Waals surface area contributed by atoms with E-state index in [9.17, 15) is 0 Å². The van der Waals surface area contributed by atoms with E-state index in [1.54, 1.807) is 11.8 Å². The summed E-state index contributed by atoms with van der Waals surface area (Å²) in [5, 5.41) is 5.67. The van der Waals surface area contributed by atoms with Crippen molar-refractivity contribution in [2.24, 2.45) is 7.05 Å². The van der Waals surface area contributed by atoms with Crippen LogP contribution in [0.2, 0.25) is 0 Å². The van der Waals surface area contributed by atoms with Crippen LogP contribution in [0.5, 0.6) is 5.88 Å². The Hall–Kier alpha value is -3.28. The number of methoxy groups -OCH3 is 1. The second-order valence-electron chi connectivity index (χ2n) is 6.46. The van der Waals surface area contributed by atoms with Crippen LogP contribution >= 0.6 is 0 Å². The number of hydrogen-bond donors (Lipinski definition) is 1. The zero-order chi connectivity index (χ0) is 18.3. The van der Waals surface area contributed by atoms with Crippen LogP contribution in [0.4, 0.5) is 5.69 Å². The first-order valence-corrected chi connectivity index (χ1v) is 8.43. The molecular formula is C20H21N5O. The van der Waals surface area contributed by atoms with Gasteiger partial charge in [-0.3, -0.25) is 4.68 Å². The molecule has 0 radical (unpaired) electrons. The third-order valence-corrected chi connectivity index (χ3v) is 4.57. The Morgan fingerprint density at radius 1 is 1.15 bits per heavy atom. The molecule has 0 spiro atoms. The zero-order valence-electron chi connectivity index (χ0n) is 15.1. The summed E-state index contributed by atoms with van der Waals surface area (Å²) < 4.78 is 9.57. The highest BCUT2D eigenvalue weighted by atomic mass is 16.5. The standard InChI is InChI=1S/C20H21N5O/c1-13-11-25(12-14-4-6-15(21)7-5-14)19-16(13)10-22-20(26-3)18(19)17-8-9-24(2)23-17/h4-11H,12,21H2,1-3H3. The second-order valence-corrected chi connectivity index (χ2v) is 6.46. The molecule has 4 rings (SSSR count). The zero-order valence-corrected chi connectivity index (χ0v) is 15.1. The molecule has 0 aliphatic heterocycles. The number of aryl methyl sites for hydroxylation is 2. The molecule has 6 nitrogen and oxygen atoms in total. The van der Waals surface area contributed by atoms with Gasteiger partial charge in [-0.2, -0.15) is 5.10 Å². The summed E-state index contributed by atoms with van der Waals surface area (Å²) in [5.41, 5.74) is 11.8. The first-order valence-electron chi connectivity index (χ1n) is 8.43. The van der Waals surface area contributed by atoms with Crippen LogP contribution in [0, 0.1) is 6.92 Å². The maximum absolute atomic E-state index is 5.81. The van der Waals surface area contributed by atoms with E-state index in [2.05, 4.69) is 39.9 Å². The SMILES string of the molecule is COc1ncc2c(C)cn(Cc3ccc(N)cc3)c2c1-c1ccn(C)n1. The molecule has 0 amide bonds. The van der Waals surface area contributed by atoms with Crippen molar-refractivity contribution in [1.82, 2.24) is 19.3 Å². The first kappa shape index (κ1) is 16.2. The van der Waals surface area contributed by atoms with Crippen molar-refractivity contribution in [2.75, 3.05) is 12.8 Å². The van der Waals surface area contributed by atoms with E-state index in [0.29, 0.717) is 5.88 Å². The molecule has 0 saturated carbocycles. The molecule has 0 aliphatic carbocycles. The lowest BCUT2D eigenvalue weighted by atomic mass is 10.1. The molecular weight excluding hydrogens is 326 g/mol. The molecule has 3 aromatic heterocycles. The average Bonchev–Trinajstić information content (AvgIpc) is 3.20. The van der Waals surface area contributed by atoms with Crippen molar-refractivity contribution in [3.8, 4) is 17.1 Å². The molecule has 0 bridgehead atoms.